The van der Waals surface area contributed by atoms with Crippen molar-refractivity contribution in [3.8, 4) is 23.8 Å². The number of barbiturate groups is 1. The van der Waals surface area contributed by atoms with Crippen LogP contribution in [0.3, 0.4) is 0 Å². The molecule has 1 fully saturated rings. The van der Waals surface area contributed by atoms with E-state index < -0.39 is 17.8 Å². The molecule has 1 aliphatic heterocycles. The molecular weight excluding hydrogens is 452 g/mol. The summed E-state index contributed by atoms with van der Waals surface area (Å²) in [6, 6.07) is 9.22. The average molecular weight is 469 g/mol. The highest BCUT2D eigenvalue weighted by molar-refractivity contribution is 9.10. The molecule has 0 bridgehead atoms. The highest BCUT2D eigenvalue weighted by atomic mass is 79.9. The van der Waals surface area contributed by atoms with Crippen LogP contribution in [0.1, 0.15) is 11.1 Å². The lowest BCUT2D eigenvalue weighted by atomic mass is 10.1. The molecule has 2 aromatic rings. The van der Waals surface area contributed by atoms with Gasteiger partial charge in [-0.15, -0.1) is 6.42 Å². The van der Waals surface area contributed by atoms with Crippen molar-refractivity contribution in [3.05, 3.63) is 57.6 Å². The number of imide groups is 2. The number of carbonyl (C=O) groups is 3. The summed E-state index contributed by atoms with van der Waals surface area (Å²) < 4.78 is 11.3. The Hall–Kier alpha value is -3.57. The standard InChI is InChI=1S/C22H17BrN2O5/c1-4-9-30-19-12-17(23)14(11-18(19)29-3)10-16-20(26)24-22(28)25(21(16)27)15-7-5-13(2)6-8-15/h1,5-8,10-12H,9H2,2-3H3,(H,24,26,28). The van der Waals surface area contributed by atoms with Crippen molar-refractivity contribution in [2.24, 2.45) is 0 Å². The topological polar surface area (TPSA) is 84.9 Å². The Morgan fingerprint density at radius 2 is 1.87 bits per heavy atom. The lowest BCUT2D eigenvalue weighted by Gasteiger charge is -2.26. The van der Waals surface area contributed by atoms with Gasteiger partial charge in [0.1, 0.15) is 12.2 Å². The first kappa shape index (κ1) is 21.1. The number of urea groups is 1. The third-order valence-electron chi connectivity index (χ3n) is 4.29. The number of aryl methyl sites for hydroxylation is 1. The van der Waals surface area contributed by atoms with Crippen LogP contribution in [0.4, 0.5) is 10.5 Å². The maximum absolute atomic E-state index is 13.0. The molecule has 0 aromatic heterocycles. The Labute approximate surface area is 181 Å². The molecule has 30 heavy (non-hydrogen) atoms. The lowest BCUT2D eigenvalue weighted by Crippen LogP contribution is -2.54. The first-order valence-electron chi connectivity index (χ1n) is 8.77. The number of hydrogen-bond donors (Lipinski definition) is 1. The first-order chi connectivity index (χ1) is 14.3. The number of carbonyl (C=O) groups excluding carboxylic acids is 3. The second-order valence-corrected chi connectivity index (χ2v) is 7.17. The van der Waals surface area contributed by atoms with Gasteiger partial charge in [0, 0.05) is 4.47 Å². The minimum atomic E-state index is -0.805. The van der Waals surface area contributed by atoms with Crippen LogP contribution < -0.4 is 19.7 Å². The van der Waals surface area contributed by atoms with E-state index in [1.165, 1.54) is 13.2 Å². The Balaban J connectivity index is 2.02. The highest BCUT2D eigenvalue weighted by Crippen LogP contribution is 2.35. The number of terminal acetylenes is 1. The van der Waals surface area contributed by atoms with E-state index in [-0.39, 0.29) is 12.2 Å². The minimum absolute atomic E-state index is 0.0533. The van der Waals surface area contributed by atoms with Crippen LogP contribution in [0.2, 0.25) is 0 Å². The zero-order valence-electron chi connectivity index (χ0n) is 16.2. The number of benzene rings is 2. The summed E-state index contributed by atoms with van der Waals surface area (Å²) in [7, 11) is 1.46. The van der Waals surface area contributed by atoms with Gasteiger partial charge < -0.3 is 9.47 Å². The van der Waals surface area contributed by atoms with E-state index in [9.17, 15) is 14.4 Å². The summed E-state index contributed by atoms with van der Waals surface area (Å²) in [5.74, 6) is 1.62. The largest absolute Gasteiger partial charge is 0.493 e. The van der Waals surface area contributed by atoms with E-state index in [0.29, 0.717) is 27.2 Å². The molecule has 4 amide bonds. The molecule has 3 rings (SSSR count). The molecule has 0 atom stereocenters. The third kappa shape index (κ3) is 4.21. The van der Waals surface area contributed by atoms with Crippen LogP contribution in [0, 0.1) is 19.3 Å². The van der Waals surface area contributed by atoms with Crippen LogP contribution in [0.25, 0.3) is 6.08 Å². The van der Waals surface area contributed by atoms with Gasteiger partial charge >= 0.3 is 6.03 Å². The molecule has 8 heteroatoms. The van der Waals surface area contributed by atoms with Crippen molar-refractivity contribution in [1.29, 1.82) is 0 Å². The number of methoxy groups -OCH3 is 1. The Morgan fingerprint density at radius 3 is 2.50 bits per heavy atom. The van der Waals surface area contributed by atoms with E-state index >= 15 is 0 Å². The molecule has 1 heterocycles. The van der Waals surface area contributed by atoms with Gasteiger partial charge in [0.2, 0.25) is 0 Å². The summed E-state index contributed by atoms with van der Waals surface area (Å²) in [6.45, 7) is 1.94. The van der Waals surface area contributed by atoms with Crippen LogP contribution in [0.5, 0.6) is 11.5 Å². The Bertz CT molecular complexity index is 1100. The number of nitrogens with one attached hydrogen (secondary N) is 1. The summed E-state index contributed by atoms with van der Waals surface area (Å²) in [6.07, 6.45) is 6.60. The number of amides is 4. The van der Waals surface area contributed by atoms with E-state index in [1.807, 2.05) is 6.92 Å². The van der Waals surface area contributed by atoms with Gasteiger partial charge in [-0.2, -0.15) is 0 Å². The van der Waals surface area contributed by atoms with Crippen LogP contribution in [0.15, 0.2) is 46.4 Å². The molecule has 0 radical (unpaired) electrons. The minimum Gasteiger partial charge on any atom is -0.493 e. The predicted molar refractivity (Wildman–Crippen MR) is 115 cm³/mol. The molecule has 152 valence electrons. The van der Waals surface area contributed by atoms with Crippen LogP contribution >= 0.6 is 15.9 Å². The van der Waals surface area contributed by atoms with Gasteiger partial charge in [0.05, 0.1) is 12.8 Å². The summed E-state index contributed by atoms with van der Waals surface area (Å²) in [5, 5.41) is 2.20. The number of nitrogens with zero attached hydrogens (tertiary/aromatic N) is 1. The first-order valence-corrected chi connectivity index (χ1v) is 9.57. The second-order valence-electron chi connectivity index (χ2n) is 6.31. The van der Waals surface area contributed by atoms with Gasteiger partial charge in [-0.05, 0) is 42.8 Å². The fraction of sp³-hybridized carbons (Fsp3) is 0.136. The lowest BCUT2D eigenvalue weighted by molar-refractivity contribution is -0.122. The van der Waals surface area contributed by atoms with Crippen molar-refractivity contribution >= 4 is 45.5 Å². The summed E-state index contributed by atoms with van der Waals surface area (Å²) in [4.78, 5) is 38.6. The van der Waals surface area contributed by atoms with Gasteiger partial charge in [0.15, 0.2) is 11.5 Å². The van der Waals surface area contributed by atoms with Crippen molar-refractivity contribution < 1.29 is 23.9 Å². The average Bonchev–Trinajstić information content (AvgIpc) is 2.71. The van der Waals surface area contributed by atoms with E-state index in [1.54, 1.807) is 36.4 Å². The number of halogens is 1. The summed E-state index contributed by atoms with van der Waals surface area (Å²) >= 11 is 3.39. The number of rotatable bonds is 5. The zero-order valence-corrected chi connectivity index (χ0v) is 17.8. The maximum atomic E-state index is 13.0. The number of hydrogen-bond acceptors (Lipinski definition) is 5. The monoisotopic (exact) mass is 468 g/mol. The smallest absolute Gasteiger partial charge is 0.335 e. The van der Waals surface area contributed by atoms with Crippen molar-refractivity contribution in [3.63, 3.8) is 0 Å². The summed E-state index contributed by atoms with van der Waals surface area (Å²) in [5.41, 5.74) is 1.61. The molecule has 1 aliphatic rings. The van der Waals surface area contributed by atoms with Crippen molar-refractivity contribution in [2.45, 2.75) is 6.92 Å². The molecule has 0 aliphatic carbocycles. The molecule has 0 unspecified atom stereocenters. The van der Waals surface area contributed by atoms with E-state index in [2.05, 4.69) is 27.2 Å². The van der Waals surface area contributed by atoms with Crippen LogP contribution in [-0.2, 0) is 9.59 Å². The molecule has 7 nitrogen and oxygen atoms in total. The maximum Gasteiger partial charge on any atom is 0.335 e. The number of anilines is 1. The molecule has 0 saturated carbocycles. The number of ether oxygens (including phenoxy) is 2. The van der Waals surface area contributed by atoms with Gasteiger partial charge in [-0.3, -0.25) is 14.9 Å². The van der Waals surface area contributed by atoms with E-state index in [0.717, 1.165) is 10.5 Å². The van der Waals surface area contributed by atoms with Gasteiger partial charge in [-0.25, -0.2) is 9.69 Å². The molecule has 1 N–H and O–H groups in total. The Kier molecular flexibility index (Phi) is 6.23. The fourth-order valence-corrected chi connectivity index (χ4v) is 3.23. The SMILES string of the molecule is C#CCOc1cc(Br)c(C=C2C(=O)NC(=O)N(c3ccc(C)cc3)C2=O)cc1OC. The molecule has 0 spiro atoms. The van der Waals surface area contributed by atoms with Crippen LogP contribution in [-0.4, -0.2) is 31.6 Å². The normalized spacial score (nSPS) is 15.1. The predicted octanol–water partition coefficient (Wildman–Crippen LogP) is 3.44. The third-order valence-corrected chi connectivity index (χ3v) is 4.97. The quantitative estimate of drug-likeness (QED) is 0.412. The van der Waals surface area contributed by atoms with E-state index in [4.69, 9.17) is 15.9 Å². The second kappa shape index (κ2) is 8.84. The Morgan fingerprint density at radius 1 is 1.17 bits per heavy atom. The van der Waals surface area contributed by atoms with Crippen molar-refractivity contribution in [1.82, 2.24) is 5.32 Å². The van der Waals surface area contributed by atoms with Gasteiger partial charge in [-0.1, -0.05) is 39.5 Å². The van der Waals surface area contributed by atoms with Gasteiger partial charge in [0.25, 0.3) is 11.8 Å². The molecule has 1 saturated heterocycles. The highest BCUT2D eigenvalue weighted by Gasteiger charge is 2.36. The van der Waals surface area contributed by atoms with Crippen molar-refractivity contribution in [2.75, 3.05) is 18.6 Å². The molecular formula is C22H17BrN2O5. The molecule has 2 aromatic carbocycles. The zero-order chi connectivity index (χ0) is 21.8. The fourth-order valence-electron chi connectivity index (χ4n) is 2.79.